The molecule has 2 unspecified atom stereocenters. The fraction of sp³-hybridized carbons (Fsp3) is 0.500. The Morgan fingerprint density at radius 3 is 2.58 bits per heavy atom. The third-order valence-corrected chi connectivity index (χ3v) is 3.19. The Morgan fingerprint density at radius 1 is 1.37 bits per heavy atom. The quantitative estimate of drug-likeness (QED) is 0.888. The molecule has 1 saturated heterocycles. The summed E-state index contributed by atoms with van der Waals surface area (Å²) in [6, 6.07) is 6.07. The van der Waals surface area contributed by atoms with Gasteiger partial charge in [0, 0.05) is 24.8 Å². The van der Waals surface area contributed by atoms with Crippen molar-refractivity contribution in [2.24, 2.45) is 0 Å². The minimum Gasteiger partial charge on any atom is -0.309 e. The molecule has 5 heteroatoms. The monoisotopic (exact) mass is 265 g/mol. The summed E-state index contributed by atoms with van der Waals surface area (Å²) in [4.78, 5) is 16.1. The zero-order valence-corrected chi connectivity index (χ0v) is 11.6. The van der Waals surface area contributed by atoms with Crippen molar-refractivity contribution in [2.75, 3.05) is 32.1 Å². The zero-order valence-electron chi connectivity index (χ0n) is 11.6. The molecule has 0 radical (unpaired) electrons. The Hall–Kier alpha value is -1.46. The molecule has 0 saturated carbocycles. The van der Waals surface area contributed by atoms with Gasteiger partial charge in [0.05, 0.1) is 0 Å². The maximum Gasteiger partial charge on any atom is 0.245 e. The smallest absolute Gasteiger partial charge is 0.245 e. The minimum atomic E-state index is -0.288. The number of likely N-dealkylation sites (N-methyl/N-ethyl adjacent to an activating group) is 1. The van der Waals surface area contributed by atoms with E-state index >= 15 is 0 Å². The lowest BCUT2D eigenvalue weighted by atomic mass is 10.1. The number of amides is 1. The van der Waals surface area contributed by atoms with E-state index in [1.165, 1.54) is 12.1 Å². The number of nitrogens with one attached hydrogen (secondary N) is 1. The molecule has 1 N–H and O–H groups in total. The fourth-order valence-electron chi connectivity index (χ4n) is 2.37. The highest BCUT2D eigenvalue weighted by atomic mass is 19.1. The van der Waals surface area contributed by atoms with Gasteiger partial charge in [0.25, 0.3) is 0 Å². The summed E-state index contributed by atoms with van der Waals surface area (Å²) in [6.45, 7) is 3.31. The van der Waals surface area contributed by atoms with E-state index in [1.54, 1.807) is 17.0 Å². The van der Waals surface area contributed by atoms with Crippen LogP contribution < -0.4 is 10.2 Å². The summed E-state index contributed by atoms with van der Waals surface area (Å²) in [6.07, 6.45) is 0. The predicted octanol–water partition coefficient (Wildman–Crippen LogP) is 1.08. The maximum absolute atomic E-state index is 13.0. The van der Waals surface area contributed by atoms with Crippen LogP contribution in [0.4, 0.5) is 10.1 Å². The second kappa shape index (κ2) is 5.67. The van der Waals surface area contributed by atoms with Crippen molar-refractivity contribution < 1.29 is 9.18 Å². The van der Waals surface area contributed by atoms with E-state index in [-0.39, 0.29) is 23.8 Å². The van der Waals surface area contributed by atoms with Gasteiger partial charge in [-0.15, -0.1) is 0 Å². The summed E-state index contributed by atoms with van der Waals surface area (Å²) in [5.74, 6) is -0.248. The third kappa shape index (κ3) is 3.30. The van der Waals surface area contributed by atoms with Gasteiger partial charge in [-0.05, 0) is 45.3 Å². The van der Waals surface area contributed by atoms with Crippen molar-refractivity contribution in [3.05, 3.63) is 30.1 Å². The normalized spacial score (nSPS) is 24.1. The number of piperazine rings is 1. The molecule has 1 aliphatic rings. The van der Waals surface area contributed by atoms with Gasteiger partial charge in [-0.1, -0.05) is 0 Å². The Balaban J connectivity index is 2.19. The van der Waals surface area contributed by atoms with Gasteiger partial charge in [0.1, 0.15) is 11.9 Å². The molecule has 104 valence electrons. The number of benzene rings is 1. The lowest BCUT2D eigenvalue weighted by molar-refractivity contribution is -0.122. The van der Waals surface area contributed by atoms with Crippen molar-refractivity contribution in [1.29, 1.82) is 0 Å². The summed E-state index contributed by atoms with van der Waals surface area (Å²) >= 11 is 0. The van der Waals surface area contributed by atoms with E-state index in [0.717, 1.165) is 5.69 Å². The van der Waals surface area contributed by atoms with E-state index < -0.39 is 0 Å². The second-order valence-electron chi connectivity index (χ2n) is 5.31. The van der Waals surface area contributed by atoms with Crippen molar-refractivity contribution in [1.82, 2.24) is 10.2 Å². The van der Waals surface area contributed by atoms with E-state index in [9.17, 15) is 9.18 Å². The van der Waals surface area contributed by atoms with E-state index in [4.69, 9.17) is 0 Å². The molecule has 0 spiro atoms. The average Bonchev–Trinajstić information content (AvgIpc) is 2.34. The Bertz CT molecular complexity index is 445. The number of nitrogens with zero attached hydrogens (tertiary/aromatic N) is 2. The third-order valence-electron chi connectivity index (χ3n) is 3.19. The molecule has 19 heavy (non-hydrogen) atoms. The van der Waals surface area contributed by atoms with Gasteiger partial charge in [-0.2, -0.15) is 0 Å². The SMILES string of the molecule is CC1CN(c2ccc(F)cc2)C(=O)C(CN(C)C)N1. The first kappa shape index (κ1) is 14.0. The number of rotatable bonds is 3. The number of hydrogen-bond acceptors (Lipinski definition) is 3. The van der Waals surface area contributed by atoms with Gasteiger partial charge < -0.3 is 15.1 Å². The Labute approximate surface area is 113 Å². The van der Waals surface area contributed by atoms with Crippen molar-refractivity contribution in [3.63, 3.8) is 0 Å². The van der Waals surface area contributed by atoms with Crippen LogP contribution in [0.25, 0.3) is 0 Å². The summed E-state index contributed by atoms with van der Waals surface area (Å²) in [5, 5.41) is 3.30. The van der Waals surface area contributed by atoms with Gasteiger partial charge in [-0.3, -0.25) is 4.79 Å². The predicted molar refractivity (Wildman–Crippen MR) is 73.7 cm³/mol. The molecule has 0 aliphatic carbocycles. The first-order valence-corrected chi connectivity index (χ1v) is 6.45. The van der Waals surface area contributed by atoms with Crippen LogP contribution in [0.3, 0.4) is 0 Å². The lowest BCUT2D eigenvalue weighted by Gasteiger charge is -2.38. The Kier molecular flexibility index (Phi) is 4.17. The van der Waals surface area contributed by atoms with Crippen LogP contribution in [0.15, 0.2) is 24.3 Å². The van der Waals surface area contributed by atoms with Crippen LogP contribution in [0.2, 0.25) is 0 Å². The molecule has 1 heterocycles. The van der Waals surface area contributed by atoms with Crippen molar-refractivity contribution >= 4 is 11.6 Å². The highest BCUT2D eigenvalue weighted by Gasteiger charge is 2.32. The van der Waals surface area contributed by atoms with Crippen LogP contribution in [-0.4, -0.2) is 50.1 Å². The highest BCUT2D eigenvalue weighted by Crippen LogP contribution is 2.19. The number of halogens is 1. The fourth-order valence-corrected chi connectivity index (χ4v) is 2.37. The van der Waals surface area contributed by atoms with E-state index in [1.807, 2.05) is 25.9 Å². The average molecular weight is 265 g/mol. The maximum atomic E-state index is 13.0. The number of hydrogen-bond donors (Lipinski definition) is 1. The molecular weight excluding hydrogens is 245 g/mol. The summed E-state index contributed by atoms with van der Waals surface area (Å²) < 4.78 is 13.0. The molecule has 1 aromatic rings. The molecule has 1 aromatic carbocycles. The Morgan fingerprint density at radius 2 is 2.00 bits per heavy atom. The molecular formula is C14H20FN3O. The van der Waals surface area contributed by atoms with Gasteiger partial charge in [0.2, 0.25) is 5.91 Å². The van der Waals surface area contributed by atoms with Crippen molar-refractivity contribution in [3.8, 4) is 0 Å². The van der Waals surface area contributed by atoms with Crippen LogP contribution in [0, 0.1) is 5.82 Å². The topological polar surface area (TPSA) is 35.6 Å². The first-order valence-electron chi connectivity index (χ1n) is 6.45. The molecule has 4 nitrogen and oxygen atoms in total. The molecule has 1 aliphatic heterocycles. The zero-order chi connectivity index (χ0) is 14.0. The van der Waals surface area contributed by atoms with Crippen molar-refractivity contribution in [2.45, 2.75) is 19.0 Å². The van der Waals surface area contributed by atoms with Crippen LogP contribution in [0.5, 0.6) is 0 Å². The summed E-state index contributed by atoms with van der Waals surface area (Å²) in [5.41, 5.74) is 0.753. The molecule has 2 rings (SSSR count). The number of carbonyl (C=O) groups excluding carboxylic acids is 1. The van der Waals surface area contributed by atoms with Crippen LogP contribution >= 0.6 is 0 Å². The van der Waals surface area contributed by atoms with E-state index in [0.29, 0.717) is 13.1 Å². The number of carbonyl (C=O) groups is 1. The largest absolute Gasteiger partial charge is 0.309 e. The van der Waals surface area contributed by atoms with E-state index in [2.05, 4.69) is 5.32 Å². The first-order chi connectivity index (χ1) is 8.97. The molecule has 2 atom stereocenters. The van der Waals surface area contributed by atoms with Crippen LogP contribution in [0.1, 0.15) is 6.92 Å². The second-order valence-corrected chi connectivity index (χ2v) is 5.31. The standard InChI is InChI=1S/C14H20FN3O/c1-10-8-18(12-6-4-11(15)5-7-12)14(19)13(16-10)9-17(2)3/h4-7,10,13,16H,8-9H2,1-3H3. The lowest BCUT2D eigenvalue weighted by Crippen LogP contribution is -2.62. The van der Waals surface area contributed by atoms with Crippen LogP contribution in [-0.2, 0) is 4.79 Å². The minimum absolute atomic E-state index is 0.0402. The van der Waals surface area contributed by atoms with Gasteiger partial charge in [0.15, 0.2) is 0 Å². The highest BCUT2D eigenvalue weighted by molar-refractivity contribution is 5.98. The molecule has 0 bridgehead atoms. The molecule has 0 aromatic heterocycles. The number of anilines is 1. The van der Waals surface area contributed by atoms with Gasteiger partial charge >= 0.3 is 0 Å². The molecule has 1 fully saturated rings. The summed E-state index contributed by atoms with van der Waals surface area (Å²) in [7, 11) is 3.88. The molecule has 1 amide bonds. The van der Waals surface area contributed by atoms with Gasteiger partial charge in [-0.25, -0.2) is 4.39 Å².